The Kier molecular flexibility index (Phi) is 31.1. The average Bonchev–Trinajstić information content (AvgIpc) is 3.88. The Hall–Kier alpha value is -1.74. The first kappa shape index (κ1) is 50.3. The molecule has 4 atom stereocenters. The lowest BCUT2D eigenvalue weighted by atomic mass is 10.0. The number of likely N-dealkylation sites (N-methyl/N-ethyl adjacent to an activating group) is 1. The summed E-state index contributed by atoms with van der Waals surface area (Å²) in [5.74, 6) is -0.352. The third-order valence-electron chi connectivity index (χ3n) is 9.37. The summed E-state index contributed by atoms with van der Waals surface area (Å²) in [6.07, 6.45) is 42.5. The monoisotopic (exact) mass is 782 g/mol. The van der Waals surface area contributed by atoms with Crippen LogP contribution in [0.1, 0.15) is 162 Å². The highest BCUT2D eigenvalue weighted by atomic mass is 31.2. The van der Waals surface area contributed by atoms with Crippen LogP contribution in [0.3, 0.4) is 0 Å². The van der Waals surface area contributed by atoms with E-state index >= 15 is 0 Å². The molecule has 3 unspecified atom stereocenters. The zero-order chi connectivity index (χ0) is 39.6. The van der Waals surface area contributed by atoms with E-state index in [4.69, 9.17) is 23.3 Å². The lowest BCUT2D eigenvalue weighted by molar-refractivity contribution is -0.870. The van der Waals surface area contributed by atoms with Crippen LogP contribution in [0.4, 0.5) is 0 Å². The number of esters is 1. The molecule has 0 bridgehead atoms. The Balaban J connectivity index is 2.30. The first-order valence-corrected chi connectivity index (χ1v) is 23.0. The molecule has 0 N–H and O–H groups in total. The Labute approximate surface area is 331 Å². The molecule has 10 heteroatoms. The van der Waals surface area contributed by atoms with Crippen molar-refractivity contribution in [2.75, 3.05) is 47.5 Å². The van der Waals surface area contributed by atoms with Gasteiger partial charge in [-0.1, -0.05) is 134 Å². The molecule has 0 spiro atoms. The number of carbonyl (C=O) groups excluding carboxylic acids is 1. The van der Waals surface area contributed by atoms with Crippen LogP contribution in [-0.4, -0.2) is 76.3 Å². The maximum absolute atomic E-state index is 12.5. The van der Waals surface area contributed by atoms with Crippen LogP contribution in [-0.2, 0) is 32.6 Å². The fourth-order valence-electron chi connectivity index (χ4n) is 5.80. The summed E-state index contributed by atoms with van der Waals surface area (Å²) in [6.45, 7) is 4.59. The number of hydrogen-bond acceptors (Lipinski definition) is 8. The van der Waals surface area contributed by atoms with Crippen molar-refractivity contribution in [1.29, 1.82) is 0 Å². The third-order valence-corrected chi connectivity index (χ3v) is 10.3. The van der Waals surface area contributed by atoms with Crippen LogP contribution in [0, 0.1) is 0 Å². The number of hydrogen-bond donors (Lipinski definition) is 0. The van der Waals surface area contributed by atoms with Crippen LogP contribution in [0.15, 0.2) is 48.8 Å². The highest BCUT2D eigenvalue weighted by Gasteiger charge is 2.36. The van der Waals surface area contributed by atoms with Crippen molar-refractivity contribution in [3.8, 4) is 0 Å². The van der Waals surface area contributed by atoms with E-state index in [1.807, 2.05) is 27.2 Å². The maximum Gasteiger partial charge on any atom is 0.305 e. The Bertz CT molecular complexity index is 1070. The van der Waals surface area contributed by atoms with Gasteiger partial charge in [0.15, 0.2) is 6.10 Å². The van der Waals surface area contributed by atoms with E-state index < -0.39 is 13.9 Å². The number of allylic oxidation sites excluding steroid dienone is 5. The van der Waals surface area contributed by atoms with E-state index in [1.165, 1.54) is 96.3 Å². The van der Waals surface area contributed by atoms with Gasteiger partial charge >= 0.3 is 5.97 Å². The topological polar surface area (TPSA) is 107 Å². The number of unbranched alkanes of at least 4 members (excludes halogenated alkanes) is 16. The molecule has 0 aliphatic carbocycles. The van der Waals surface area contributed by atoms with Crippen molar-refractivity contribution < 1.29 is 42.0 Å². The largest absolute Gasteiger partial charge is 0.756 e. The number of nitrogens with zero attached hydrogens (tertiary/aromatic N) is 1. The normalized spacial score (nSPS) is 18.0. The molecule has 1 aliphatic rings. The SMILES string of the molecule is CCCCC/C=C\C/C=C\CC1OC1C/C=C\CCCC(=O)OC[C@H](COP(=O)([O-])OCC[N+](C)(C)C)O/C=C/CCCCCCCCCCCCCC. The van der Waals surface area contributed by atoms with Gasteiger partial charge in [-0.3, -0.25) is 9.36 Å². The van der Waals surface area contributed by atoms with Crippen molar-refractivity contribution in [3.63, 3.8) is 0 Å². The predicted octanol–water partition coefficient (Wildman–Crippen LogP) is 11.1. The molecule has 1 fully saturated rings. The van der Waals surface area contributed by atoms with Gasteiger partial charge in [0.2, 0.25) is 0 Å². The number of quaternary nitrogens is 1. The summed E-state index contributed by atoms with van der Waals surface area (Å²) in [5.41, 5.74) is 0. The molecule has 0 saturated carbocycles. The Morgan fingerprint density at radius 1 is 0.685 bits per heavy atom. The van der Waals surface area contributed by atoms with E-state index in [9.17, 15) is 14.3 Å². The summed E-state index contributed by atoms with van der Waals surface area (Å²) in [6, 6.07) is 0. The van der Waals surface area contributed by atoms with Crippen molar-refractivity contribution in [2.45, 2.75) is 180 Å². The molecule has 0 radical (unpaired) electrons. The molecular weight excluding hydrogens is 701 g/mol. The van der Waals surface area contributed by atoms with E-state index in [0.29, 0.717) is 23.6 Å². The lowest BCUT2D eigenvalue weighted by Gasteiger charge is -2.28. The first-order valence-electron chi connectivity index (χ1n) is 21.5. The number of rotatable bonds is 38. The second-order valence-corrected chi connectivity index (χ2v) is 17.2. The van der Waals surface area contributed by atoms with Crippen LogP contribution in [0.25, 0.3) is 0 Å². The molecule has 1 aliphatic heterocycles. The number of phosphoric ester groups is 1. The van der Waals surface area contributed by atoms with Gasteiger partial charge in [-0.15, -0.1) is 0 Å². The van der Waals surface area contributed by atoms with Gasteiger partial charge in [0.05, 0.1) is 46.2 Å². The summed E-state index contributed by atoms with van der Waals surface area (Å²) in [5, 5.41) is 0. The van der Waals surface area contributed by atoms with E-state index in [2.05, 4.69) is 50.3 Å². The molecule has 0 aromatic carbocycles. The zero-order valence-electron chi connectivity index (χ0n) is 35.1. The zero-order valence-corrected chi connectivity index (χ0v) is 36.0. The third kappa shape index (κ3) is 33.6. The first-order chi connectivity index (χ1) is 26.1. The highest BCUT2D eigenvalue weighted by Crippen LogP contribution is 2.38. The molecule has 0 aromatic heterocycles. The number of epoxide rings is 1. The lowest BCUT2D eigenvalue weighted by Crippen LogP contribution is -2.37. The molecule has 1 rings (SSSR count). The van der Waals surface area contributed by atoms with Gasteiger partial charge in [-0.05, 0) is 63.9 Å². The van der Waals surface area contributed by atoms with Crippen LogP contribution in [0.2, 0.25) is 0 Å². The van der Waals surface area contributed by atoms with Gasteiger partial charge in [-0.25, -0.2) is 0 Å². The van der Waals surface area contributed by atoms with Gasteiger partial charge in [0.1, 0.15) is 19.8 Å². The quantitative estimate of drug-likeness (QED) is 0.0116. The Morgan fingerprint density at radius 3 is 1.85 bits per heavy atom. The van der Waals surface area contributed by atoms with E-state index in [0.717, 1.165) is 38.5 Å². The van der Waals surface area contributed by atoms with Crippen LogP contribution in [0.5, 0.6) is 0 Å². The molecule has 1 heterocycles. The number of phosphoric acid groups is 1. The highest BCUT2D eigenvalue weighted by molar-refractivity contribution is 7.45. The fraction of sp³-hybridized carbons (Fsp3) is 0.795. The standard InChI is InChI=1S/C44H80NO8P/c1-6-8-10-12-14-16-17-18-19-20-22-24-28-32-37-49-41(40-52-54(47,48)51-38-36-45(3,4)5)39-50-44(46)35-31-27-26-30-34-43-42(53-43)33-29-25-23-21-15-13-11-9-7-2/h15,21,25-26,29-30,32,37,41-43H,6-14,16-20,22-24,27-28,31,33-36,38-40H2,1-5H3/b21-15-,29-25-,30-26-,37-32+/t41-,42?,43?/m1/s1. The molecule has 54 heavy (non-hydrogen) atoms. The average molecular weight is 782 g/mol. The molecular formula is C44H80NO8P. The van der Waals surface area contributed by atoms with Gasteiger partial charge in [0, 0.05) is 6.42 Å². The van der Waals surface area contributed by atoms with Crippen LogP contribution >= 0.6 is 7.82 Å². The smallest absolute Gasteiger partial charge is 0.305 e. The summed E-state index contributed by atoms with van der Waals surface area (Å²) in [7, 11) is 1.32. The van der Waals surface area contributed by atoms with Gasteiger partial charge in [-0.2, -0.15) is 0 Å². The summed E-state index contributed by atoms with van der Waals surface area (Å²) in [4.78, 5) is 24.8. The van der Waals surface area contributed by atoms with Crippen molar-refractivity contribution in [1.82, 2.24) is 0 Å². The van der Waals surface area contributed by atoms with E-state index in [1.54, 1.807) is 6.26 Å². The predicted molar refractivity (Wildman–Crippen MR) is 221 cm³/mol. The summed E-state index contributed by atoms with van der Waals surface area (Å²) < 4.78 is 40.1. The van der Waals surface area contributed by atoms with Gasteiger partial charge < -0.3 is 32.6 Å². The van der Waals surface area contributed by atoms with Crippen molar-refractivity contribution in [3.05, 3.63) is 48.8 Å². The van der Waals surface area contributed by atoms with Gasteiger partial charge in [0.25, 0.3) is 7.82 Å². The minimum absolute atomic E-state index is 0.0150. The molecule has 0 amide bonds. The minimum atomic E-state index is -4.53. The maximum atomic E-state index is 12.5. The molecule has 0 aromatic rings. The fourth-order valence-corrected chi connectivity index (χ4v) is 6.53. The molecule has 9 nitrogen and oxygen atoms in total. The van der Waals surface area contributed by atoms with Crippen molar-refractivity contribution in [2.24, 2.45) is 0 Å². The number of ether oxygens (including phenoxy) is 3. The second-order valence-electron chi connectivity index (χ2n) is 15.8. The number of carbonyl (C=O) groups is 1. The van der Waals surface area contributed by atoms with Crippen LogP contribution < -0.4 is 4.89 Å². The second kappa shape index (κ2) is 33.4. The van der Waals surface area contributed by atoms with E-state index in [-0.39, 0.29) is 38.3 Å². The molecule has 1 saturated heterocycles. The minimum Gasteiger partial charge on any atom is -0.756 e. The molecule has 314 valence electrons. The summed E-state index contributed by atoms with van der Waals surface area (Å²) >= 11 is 0. The Morgan fingerprint density at radius 2 is 1.20 bits per heavy atom. The van der Waals surface area contributed by atoms with Crippen molar-refractivity contribution >= 4 is 13.8 Å².